The number of carbonyl (C=O) groups excluding carboxylic acids is 3. The van der Waals surface area contributed by atoms with Crippen molar-refractivity contribution in [3.05, 3.63) is 118 Å². The maximum Gasteiger partial charge on any atom is 0.491 e. The molecule has 3 fully saturated rings. The van der Waals surface area contributed by atoms with E-state index in [1.807, 2.05) is 48.5 Å². The van der Waals surface area contributed by atoms with E-state index in [-0.39, 0.29) is 60.2 Å². The first-order valence-corrected chi connectivity index (χ1v) is 20.5. The lowest BCUT2D eigenvalue weighted by atomic mass is 9.96. The number of benzene rings is 4. The highest BCUT2D eigenvalue weighted by Crippen LogP contribution is 2.51. The van der Waals surface area contributed by atoms with Crippen molar-refractivity contribution in [2.75, 3.05) is 38.4 Å². The lowest BCUT2D eigenvalue weighted by Crippen LogP contribution is -2.60. The number of aromatic amines is 1. The van der Waals surface area contributed by atoms with Crippen LogP contribution in [-0.2, 0) is 32.0 Å². The molecule has 14 nitrogen and oxygen atoms in total. The van der Waals surface area contributed by atoms with Gasteiger partial charge in [-0.25, -0.2) is 9.59 Å². The number of H-pyrrole nitrogens is 1. The number of rotatable bonds is 14. The third kappa shape index (κ3) is 9.41. The molecule has 8 rings (SSSR count). The van der Waals surface area contributed by atoms with Gasteiger partial charge in [-0.05, 0) is 59.0 Å². The molecule has 5 N–H and O–H groups in total. The van der Waals surface area contributed by atoms with Crippen LogP contribution in [0.2, 0.25) is 0 Å². The number of aromatic nitrogens is 1. The smallest absolute Gasteiger partial charge is 0.491 e. The summed E-state index contributed by atoms with van der Waals surface area (Å²) in [6.45, 7) is 0.257. The number of morpholine rings is 1. The molecule has 4 heterocycles. The average Bonchev–Trinajstić information content (AvgIpc) is 4.02. The van der Waals surface area contributed by atoms with E-state index in [2.05, 4.69) is 39.8 Å². The molecule has 0 saturated carbocycles. The Hall–Kier alpha value is -6.27. The fraction of sp³-hybridized carbons (Fsp3) is 0.348. The quantitative estimate of drug-likeness (QED) is 0.0364. The zero-order chi connectivity index (χ0) is 44.6. The number of alkyl halides is 3. The molecule has 2 amide bonds. The third-order valence-corrected chi connectivity index (χ3v) is 12.2. The van der Waals surface area contributed by atoms with Gasteiger partial charge < -0.3 is 44.2 Å². The van der Waals surface area contributed by atoms with E-state index >= 15 is 0 Å². The van der Waals surface area contributed by atoms with Gasteiger partial charge in [0.25, 0.3) is 0 Å². The number of anilines is 2. The Morgan fingerprint density at radius 1 is 0.889 bits per heavy atom. The molecule has 1 aromatic heterocycles. The molecule has 6 atom stereocenters. The van der Waals surface area contributed by atoms with Gasteiger partial charge in [0, 0.05) is 49.4 Å². The highest BCUT2D eigenvalue weighted by atomic mass is 19.4. The van der Waals surface area contributed by atoms with Crippen molar-refractivity contribution < 1.29 is 56.1 Å². The maximum atomic E-state index is 13.4. The van der Waals surface area contributed by atoms with E-state index in [4.69, 9.17) is 14.2 Å². The largest absolute Gasteiger partial charge is 0.495 e. The number of epoxide rings is 1. The number of ether oxygens (including phenoxy) is 4. The first-order chi connectivity index (χ1) is 30.1. The number of hydrogen-bond acceptors (Lipinski definition) is 10. The first-order valence-electron chi connectivity index (χ1n) is 20.5. The topological polar surface area (TPSA) is 181 Å². The average molecular weight is 871 g/mol. The summed E-state index contributed by atoms with van der Waals surface area (Å²) in [7, 11) is 5.93. The number of aryl methyl sites for hydroxylation is 1. The van der Waals surface area contributed by atoms with E-state index in [0.29, 0.717) is 35.6 Å². The summed E-state index contributed by atoms with van der Waals surface area (Å²) in [5, 5.41) is 20.2. The molecule has 63 heavy (non-hydrogen) atoms. The zero-order valence-corrected chi connectivity index (χ0v) is 34.7. The molecule has 3 aliphatic heterocycles. The Labute approximate surface area is 359 Å². The summed E-state index contributed by atoms with van der Waals surface area (Å²) in [4.78, 5) is 52.5. The van der Waals surface area contributed by atoms with Crippen LogP contribution in [0.4, 0.5) is 29.3 Å². The second kappa shape index (κ2) is 17.5. The van der Waals surface area contributed by atoms with Gasteiger partial charge in [-0.15, -0.1) is 0 Å². The highest BCUT2D eigenvalue weighted by Gasteiger charge is 2.70. The lowest BCUT2D eigenvalue weighted by molar-refractivity contribution is -0.938. The Kier molecular flexibility index (Phi) is 12.0. The standard InChI is InChI=1S/C46H46F3N5O9/c1-54(2)34-21-28(22-35(54)43-42(34)63-43)61-45(59)52-33-19-25(9-12-29(33)27-7-5-4-6-8-27)11-17-39(56)51-32-15-10-26(20-38(32)60-3)23-50-24-36(55)30-13-16-37(62-44(58)46(47,48)49)41-31(30)14-18-40(57)53-41/h4-10,12-16,18-20,28,34-36,42-43,50,55H,11,17,21-24H2,1-3H3,(H2-,51,52,53,56,57,59)/p+1/t28?,34-,35+,36-,42-,43+/m0/s1. The molecule has 1 unspecified atom stereocenters. The fourth-order valence-corrected chi connectivity index (χ4v) is 8.98. The van der Waals surface area contributed by atoms with Crippen LogP contribution in [0.3, 0.4) is 0 Å². The van der Waals surface area contributed by atoms with E-state index in [9.17, 15) is 37.5 Å². The number of halogens is 3. The van der Waals surface area contributed by atoms with Crippen molar-refractivity contribution >= 4 is 40.2 Å². The van der Waals surface area contributed by atoms with Crippen LogP contribution in [0.5, 0.6) is 11.5 Å². The number of nitrogens with zero attached hydrogens (tertiary/aromatic N) is 1. The van der Waals surface area contributed by atoms with Crippen molar-refractivity contribution in [3.63, 3.8) is 0 Å². The number of fused-ring (bicyclic) bond motifs is 6. The number of methoxy groups -OCH3 is 1. The van der Waals surface area contributed by atoms with Crippen LogP contribution in [0.25, 0.3) is 22.0 Å². The van der Waals surface area contributed by atoms with Crippen LogP contribution in [0.1, 0.15) is 42.1 Å². The number of esters is 1. The molecule has 17 heteroatoms. The number of hydrogen-bond donors (Lipinski definition) is 5. The molecule has 2 bridgehead atoms. The van der Waals surface area contributed by atoms with E-state index in [0.717, 1.165) is 51.7 Å². The number of likely N-dealkylation sites (N-methyl/N-ethyl adjacent to an activating group) is 1. The number of carbonyl (C=O) groups is 3. The number of aliphatic hydroxyl groups is 1. The van der Waals surface area contributed by atoms with Gasteiger partial charge in [0.05, 0.1) is 44.2 Å². The summed E-state index contributed by atoms with van der Waals surface area (Å²) in [6.07, 6.45) is -4.65. The van der Waals surface area contributed by atoms with E-state index < -0.39 is 35.7 Å². The number of amides is 2. The first kappa shape index (κ1) is 43.4. The molecule has 3 aliphatic rings. The Bertz CT molecular complexity index is 2580. The van der Waals surface area contributed by atoms with Crippen molar-refractivity contribution in [1.82, 2.24) is 10.3 Å². The predicted octanol–water partition coefficient (Wildman–Crippen LogP) is 6.37. The van der Waals surface area contributed by atoms with Gasteiger partial charge in [0.2, 0.25) is 11.5 Å². The predicted molar refractivity (Wildman–Crippen MR) is 226 cm³/mol. The van der Waals surface area contributed by atoms with E-state index in [1.54, 1.807) is 18.2 Å². The summed E-state index contributed by atoms with van der Waals surface area (Å²) in [6, 6.07) is 26.1. The van der Waals surface area contributed by atoms with Crippen LogP contribution >= 0.6 is 0 Å². The molecule has 4 aromatic carbocycles. The zero-order valence-electron chi connectivity index (χ0n) is 34.7. The van der Waals surface area contributed by atoms with Gasteiger partial charge >= 0.3 is 18.2 Å². The molecule has 330 valence electrons. The second-order valence-corrected chi connectivity index (χ2v) is 16.6. The van der Waals surface area contributed by atoms with Gasteiger partial charge in [0.1, 0.15) is 36.1 Å². The normalized spacial score (nSPS) is 21.2. The van der Waals surface area contributed by atoms with Crippen LogP contribution in [0.15, 0.2) is 95.8 Å². The minimum atomic E-state index is -5.25. The minimum absolute atomic E-state index is 0.00264. The summed E-state index contributed by atoms with van der Waals surface area (Å²) >= 11 is 0. The Balaban J connectivity index is 0.865. The summed E-state index contributed by atoms with van der Waals surface area (Å²) in [5.41, 5.74) is 3.83. The second-order valence-electron chi connectivity index (χ2n) is 16.6. The van der Waals surface area contributed by atoms with Crippen molar-refractivity contribution in [2.45, 2.75) is 74.9 Å². The number of aliphatic hydroxyl groups excluding tert-OH is 1. The molecular weight excluding hydrogens is 824 g/mol. The molecule has 0 radical (unpaired) electrons. The van der Waals surface area contributed by atoms with Crippen LogP contribution in [-0.4, -0.2) is 96.9 Å². The molecule has 3 saturated heterocycles. The van der Waals surface area contributed by atoms with Gasteiger partial charge in [-0.1, -0.05) is 54.6 Å². The highest BCUT2D eigenvalue weighted by molar-refractivity contribution is 5.94. The summed E-state index contributed by atoms with van der Waals surface area (Å²) in [5.74, 6) is -2.82. The van der Waals surface area contributed by atoms with Crippen molar-refractivity contribution in [2.24, 2.45) is 0 Å². The monoisotopic (exact) mass is 870 g/mol. The van der Waals surface area contributed by atoms with Gasteiger partial charge in [-0.2, -0.15) is 13.2 Å². The Morgan fingerprint density at radius 3 is 2.33 bits per heavy atom. The van der Waals surface area contributed by atoms with Gasteiger partial charge in [0.15, 0.2) is 5.75 Å². The van der Waals surface area contributed by atoms with Crippen molar-refractivity contribution in [3.8, 4) is 22.6 Å². The number of quaternary nitrogens is 1. The minimum Gasteiger partial charge on any atom is -0.495 e. The van der Waals surface area contributed by atoms with Gasteiger partial charge in [-0.3, -0.25) is 14.9 Å². The lowest BCUT2D eigenvalue weighted by Gasteiger charge is -2.45. The molecular formula is C46H47F3N5O9+. The summed E-state index contributed by atoms with van der Waals surface area (Å²) < 4.78 is 61.4. The maximum absolute atomic E-state index is 13.4. The van der Waals surface area contributed by atoms with Crippen LogP contribution in [0, 0.1) is 0 Å². The molecule has 0 aliphatic carbocycles. The number of piperidine rings is 1. The van der Waals surface area contributed by atoms with Crippen molar-refractivity contribution in [1.29, 1.82) is 0 Å². The Morgan fingerprint density at radius 2 is 1.62 bits per heavy atom. The third-order valence-electron chi connectivity index (χ3n) is 12.2. The molecule has 5 aromatic rings. The fourth-order valence-electron chi connectivity index (χ4n) is 8.98. The number of pyridine rings is 1. The SMILES string of the molecule is COc1cc(CNC[C@H](O)c2ccc(OC(=O)C(F)(F)F)c3[nH]c(=O)ccc23)ccc1NC(=O)CCc1ccc(-c2ccccc2)c(NC(=O)OC2C[C@@H]3[C@H]4O[C@H]4[C@H](C2)[N+]3(C)C)c1. The van der Waals surface area contributed by atoms with E-state index in [1.165, 1.54) is 19.2 Å². The van der Waals surface area contributed by atoms with Crippen LogP contribution < -0.4 is 31.0 Å². The number of nitrogens with one attached hydrogen (secondary N) is 4. The molecule has 0 spiro atoms.